The minimum absolute atomic E-state index is 0.0385. The number of nitrogens with zero attached hydrogens (tertiary/aromatic N) is 2. The maximum Gasteiger partial charge on any atom is 0.274 e. The van der Waals surface area contributed by atoms with Crippen molar-refractivity contribution in [2.24, 2.45) is 0 Å². The molecule has 30 heavy (non-hydrogen) atoms. The predicted octanol–water partition coefficient (Wildman–Crippen LogP) is 2.49. The summed E-state index contributed by atoms with van der Waals surface area (Å²) in [6.45, 7) is 1.07. The van der Waals surface area contributed by atoms with Gasteiger partial charge >= 0.3 is 0 Å². The molecular weight excluding hydrogens is 387 g/mol. The number of nitrogen functional groups attached to an aromatic ring is 1. The van der Waals surface area contributed by atoms with Crippen molar-refractivity contribution in [3.63, 3.8) is 0 Å². The summed E-state index contributed by atoms with van der Waals surface area (Å²) >= 11 is 0. The number of hydrogen-bond acceptors (Lipinski definition) is 5. The highest BCUT2D eigenvalue weighted by molar-refractivity contribution is 5.95. The Morgan fingerprint density at radius 1 is 1.30 bits per heavy atom. The van der Waals surface area contributed by atoms with Gasteiger partial charge in [0.05, 0.1) is 22.7 Å². The molecule has 0 spiro atoms. The Hall–Kier alpha value is -3.26. The van der Waals surface area contributed by atoms with Crippen molar-refractivity contribution in [3.05, 3.63) is 69.4 Å². The topological polar surface area (TPSA) is 101 Å². The number of amides is 1. The van der Waals surface area contributed by atoms with Gasteiger partial charge in [-0.1, -0.05) is 18.2 Å². The second-order valence-electron chi connectivity index (χ2n) is 7.49. The third-order valence-electron chi connectivity index (χ3n) is 5.62. The molecule has 1 saturated heterocycles. The van der Waals surface area contributed by atoms with Gasteiger partial charge in [-0.25, -0.2) is 9.49 Å². The fourth-order valence-electron chi connectivity index (χ4n) is 3.94. The first-order chi connectivity index (χ1) is 14.5. The lowest BCUT2D eigenvalue weighted by molar-refractivity contribution is 0.0348. The lowest BCUT2D eigenvalue weighted by Gasteiger charge is -2.31. The zero-order chi connectivity index (χ0) is 21.3. The van der Waals surface area contributed by atoms with Crippen LogP contribution < -0.4 is 11.3 Å². The number of aromatic nitrogens is 2. The zero-order valence-electron chi connectivity index (χ0n) is 16.7. The Morgan fingerprint density at radius 2 is 2.07 bits per heavy atom. The number of likely N-dealkylation sites (tertiary alicyclic amines) is 1. The number of halogens is 1. The molecule has 3 aromatic rings. The number of fused-ring (bicyclic) bond motifs is 1. The van der Waals surface area contributed by atoms with Crippen LogP contribution in [0.1, 0.15) is 34.5 Å². The molecule has 1 aliphatic rings. The van der Waals surface area contributed by atoms with Gasteiger partial charge in [0.15, 0.2) is 0 Å². The molecule has 1 aliphatic heterocycles. The normalized spacial score (nSPS) is 14.9. The molecule has 8 heteroatoms. The SMILES string of the molecule is COC1CCN(C(=O)c2cc(Cc3n[nH]c(=O)c4c(N)cccc34)ccc2F)CC1. The molecule has 7 nitrogen and oxygen atoms in total. The average molecular weight is 410 g/mol. The number of H-pyrrole nitrogens is 1. The summed E-state index contributed by atoms with van der Waals surface area (Å²) < 4.78 is 19.8. The average Bonchev–Trinajstić information content (AvgIpc) is 2.76. The maximum atomic E-state index is 14.5. The number of carbonyl (C=O) groups excluding carboxylic acids is 1. The number of methoxy groups -OCH3 is 1. The zero-order valence-corrected chi connectivity index (χ0v) is 16.7. The van der Waals surface area contributed by atoms with Crippen molar-refractivity contribution < 1.29 is 13.9 Å². The van der Waals surface area contributed by atoms with Gasteiger partial charge in [0.2, 0.25) is 0 Å². The first-order valence-corrected chi connectivity index (χ1v) is 9.84. The van der Waals surface area contributed by atoms with E-state index in [1.54, 1.807) is 42.3 Å². The van der Waals surface area contributed by atoms with Crippen molar-refractivity contribution in [2.75, 3.05) is 25.9 Å². The molecule has 1 amide bonds. The Morgan fingerprint density at radius 3 is 2.80 bits per heavy atom. The van der Waals surface area contributed by atoms with Crippen LogP contribution in [0.3, 0.4) is 0 Å². The number of aromatic amines is 1. The number of nitrogens with two attached hydrogens (primary N) is 1. The second kappa shape index (κ2) is 8.23. The molecule has 0 aliphatic carbocycles. The highest BCUT2D eigenvalue weighted by Crippen LogP contribution is 2.23. The van der Waals surface area contributed by atoms with Crippen LogP contribution in [0.4, 0.5) is 10.1 Å². The molecule has 0 unspecified atom stereocenters. The van der Waals surface area contributed by atoms with Crippen molar-refractivity contribution in [1.29, 1.82) is 0 Å². The van der Waals surface area contributed by atoms with Crippen LogP contribution in [0.25, 0.3) is 10.8 Å². The molecule has 0 bridgehead atoms. The Bertz CT molecular complexity index is 1150. The second-order valence-corrected chi connectivity index (χ2v) is 7.49. The Balaban J connectivity index is 1.63. The first-order valence-electron chi connectivity index (χ1n) is 9.84. The van der Waals surface area contributed by atoms with E-state index in [1.807, 2.05) is 0 Å². The maximum absolute atomic E-state index is 14.5. The summed E-state index contributed by atoms with van der Waals surface area (Å²) in [6, 6.07) is 9.67. The molecule has 3 N–H and O–H groups in total. The lowest BCUT2D eigenvalue weighted by Crippen LogP contribution is -2.41. The molecule has 1 fully saturated rings. The van der Waals surface area contributed by atoms with Gasteiger partial charge in [-0.15, -0.1) is 0 Å². The van der Waals surface area contributed by atoms with E-state index in [0.29, 0.717) is 41.7 Å². The van der Waals surface area contributed by atoms with Crippen molar-refractivity contribution in [1.82, 2.24) is 15.1 Å². The van der Waals surface area contributed by atoms with Crippen LogP contribution in [0.5, 0.6) is 0 Å². The summed E-state index contributed by atoms with van der Waals surface area (Å²) in [7, 11) is 1.66. The fraction of sp³-hybridized carbons (Fsp3) is 0.318. The number of carbonyl (C=O) groups is 1. The number of piperidine rings is 1. The first kappa shape index (κ1) is 20.0. The van der Waals surface area contributed by atoms with Gasteiger partial charge in [0, 0.05) is 37.7 Å². The Kier molecular flexibility index (Phi) is 5.50. The van der Waals surface area contributed by atoms with Gasteiger partial charge in [-0.3, -0.25) is 9.59 Å². The molecule has 0 radical (unpaired) electrons. The van der Waals surface area contributed by atoms with Gasteiger partial charge < -0.3 is 15.4 Å². The largest absolute Gasteiger partial charge is 0.398 e. The summed E-state index contributed by atoms with van der Waals surface area (Å²) in [4.78, 5) is 26.7. The number of nitrogens with one attached hydrogen (secondary N) is 1. The van der Waals surface area contributed by atoms with E-state index in [9.17, 15) is 14.0 Å². The number of ether oxygens (including phenoxy) is 1. The number of benzene rings is 2. The van der Waals surface area contributed by atoms with E-state index >= 15 is 0 Å². The van der Waals surface area contributed by atoms with Crippen molar-refractivity contribution in [2.45, 2.75) is 25.4 Å². The molecule has 2 aromatic carbocycles. The van der Waals surface area contributed by atoms with E-state index in [4.69, 9.17) is 10.5 Å². The third-order valence-corrected chi connectivity index (χ3v) is 5.62. The van der Waals surface area contributed by atoms with Gasteiger partial charge in [-0.05, 0) is 36.6 Å². The summed E-state index contributed by atoms with van der Waals surface area (Å²) in [5.41, 5.74) is 7.31. The molecule has 156 valence electrons. The van der Waals surface area contributed by atoms with Crippen LogP contribution in [0.2, 0.25) is 0 Å². The van der Waals surface area contributed by atoms with Gasteiger partial charge in [0.25, 0.3) is 11.5 Å². The molecule has 0 atom stereocenters. The van der Waals surface area contributed by atoms with E-state index in [2.05, 4.69) is 10.2 Å². The smallest absolute Gasteiger partial charge is 0.274 e. The molecule has 2 heterocycles. The van der Waals surface area contributed by atoms with Crippen LogP contribution in [0, 0.1) is 5.82 Å². The fourth-order valence-corrected chi connectivity index (χ4v) is 3.94. The highest BCUT2D eigenvalue weighted by Gasteiger charge is 2.25. The van der Waals surface area contributed by atoms with E-state index in [1.165, 1.54) is 6.07 Å². The summed E-state index contributed by atoms with van der Waals surface area (Å²) in [5.74, 6) is -0.881. The van der Waals surface area contributed by atoms with Crippen molar-refractivity contribution in [3.8, 4) is 0 Å². The highest BCUT2D eigenvalue weighted by atomic mass is 19.1. The minimum Gasteiger partial charge on any atom is -0.398 e. The van der Waals surface area contributed by atoms with Gasteiger partial charge in [0.1, 0.15) is 5.82 Å². The van der Waals surface area contributed by atoms with Gasteiger partial charge in [-0.2, -0.15) is 5.10 Å². The number of anilines is 1. The molecule has 0 saturated carbocycles. The third kappa shape index (κ3) is 3.78. The van der Waals surface area contributed by atoms with Crippen LogP contribution in [-0.4, -0.2) is 47.3 Å². The summed E-state index contributed by atoms with van der Waals surface area (Å²) in [6.07, 6.45) is 1.93. The lowest BCUT2D eigenvalue weighted by atomic mass is 10.0. The summed E-state index contributed by atoms with van der Waals surface area (Å²) in [5, 5.41) is 7.63. The monoisotopic (exact) mass is 410 g/mol. The quantitative estimate of drug-likeness (QED) is 0.644. The van der Waals surface area contributed by atoms with Crippen LogP contribution >= 0.6 is 0 Å². The molecule has 1 aromatic heterocycles. The number of hydrogen-bond donors (Lipinski definition) is 2. The molecular formula is C22H23FN4O3. The van der Waals surface area contributed by atoms with E-state index in [-0.39, 0.29) is 23.1 Å². The van der Waals surface area contributed by atoms with E-state index < -0.39 is 5.82 Å². The molecule has 4 rings (SSSR count). The standard InChI is InChI=1S/C22H23FN4O3/c1-30-14-7-9-27(10-8-14)22(29)16-11-13(5-6-17(16)23)12-19-15-3-2-4-18(24)20(15)21(28)26-25-19/h2-6,11,14H,7-10,12,24H2,1H3,(H,26,28). The van der Waals surface area contributed by atoms with Crippen LogP contribution in [0.15, 0.2) is 41.2 Å². The van der Waals surface area contributed by atoms with Crippen molar-refractivity contribution >= 4 is 22.4 Å². The van der Waals surface area contributed by atoms with Crippen LogP contribution in [-0.2, 0) is 11.2 Å². The van der Waals surface area contributed by atoms with E-state index in [0.717, 1.165) is 18.4 Å². The minimum atomic E-state index is -0.554. The Labute approximate surface area is 172 Å². The number of rotatable bonds is 4. The predicted molar refractivity (Wildman–Crippen MR) is 112 cm³/mol.